The van der Waals surface area contributed by atoms with Gasteiger partial charge in [-0.25, -0.2) is 0 Å². The molecule has 1 rings (SSSR count). The maximum atomic E-state index is 11.2. The van der Waals surface area contributed by atoms with Crippen molar-refractivity contribution in [3.05, 3.63) is 33.9 Å². The molecule has 1 unspecified atom stereocenters. The van der Waals surface area contributed by atoms with Crippen LogP contribution in [0.2, 0.25) is 0 Å². The first-order valence-corrected chi connectivity index (χ1v) is 7.31. The predicted molar refractivity (Wildman–Crippen MR) is 84.5 cm³/mol. The molecule has 0 aliphatic carbocycles. The number of hydrogen-bond donors (Lipinski definition) is 2. The molecule has 0 saturated heterocycles. The third-order valence-corrected chi connectivity index (χ3v) is 3.21. The van der Waals surface area contributed by atoms with Crippen LogP contribution in [0.25, 0.3) is 0 Å². The van der Waals surface area contributed by atoms with E-state index in [4.69, 9.17) is 0 Å². The summed E-state index contributed by atoms with van der Waals surface area (Å²) in [5.41, 5.74) is 1.58. The number of nitrogens with zero attached hydrogens (tertiary/aromatic N) is 2. The van der Waals surface area contributed by atoms with Gasteiger partial charge in [0.25, 0.3) is 5.69 Å². The van der Waals surface area contributed by atoms with Gasteiger partial charge in [-0.05, 0) is 38.4 Å². The van der Waals surface area contributed by atoms with Crippen LogP contribution in [-0.4, -0.2) is 41.2 Å². The fourth-order valence-electron chi connectivity index (χ4n) is 2.03. The topological polar surface area (TPSA) is 78.6 Å². The van der Waals surface area contributed by atoms with E-state index in [0.717, 1.165) is 18.5 Å². The predicted octanol–water partition coefficient (Wildman–Crippen LogP) is 2.62. The second kappa shape index (κ2) is 8.59. The highest BCUT2D eigenvalue weighted by molar-refractivity contribution is 5.62. The Kier molecular flexibility index (Phi) is 7.11. The number of anilines is 1. The Morgan fingerprint density at radius 2 is 2.19 bits per heavy atom. The van der Waals surface area contributed by atoms with Crippen molar-refractivity contribution in [3.8, 4) is 0 Å². The summed E-state index contributed by atoms with van der Waals surface area (Å²) in [5, 5.41) is 23.5. The van der Waals surface area contributed by atoms with Crippen molar-refractivity contribution in [2.24, 2.45) is 0 Å². The standard InChI is InChI=1S/C15H25N3O3/c1-4-8-16-14-6-5-13(10-15(14)18(20)21)11-17(3)9-7-12(2)19/h5-6,10,12,16,19H,4,7-9,11H2,1-3H3. The quantitative estimate of drug-likeness (QED) is 0.541. The van der Waals surface area contributed by atoms with Gasteiger partial charge < -0.3 is 15.3 Å². The molecule has 0 amide bonds. The zero-order valence-corrected chi connectivity index (χ0v) is 13.0. The first-order chi connectivity index (χ1) is 9.93. The number of nitro benzene ring substituents is 1. The number of nitro groups is 1. The molecular formula is C15H25N3O3. The first kappa shape index (κ1) is 17.4. The van der Waals surface area contributed by atoms with Gasteiger partial charge in [-0.3, -0.25) is 10.1 Å². The summed E-state index contributed by atoms with van der Waals surface area (Å²) in [6.45, 7) is 5.87. The molecule has 1 aromatic carbocycles. The van der Waals surface area contributed by atoms with Crippen molar-refractivity contribution in [2.45, 2.75) is 39.3 Å². The van der Waals surface area contributed by atoms with Gasteiger partial charge in [-0.1, -0.05) is 13.0 Å². The molecule has 0 fully saturated rings. The van der Waals surface area contributed by atoms with Crippen LogP contribution < -0.4 is 5.32 Å². The van der Waals surface area contributed by atoms with E-state index in [1.54, 1.807) is 19.1 Å². The lowest BCUT2D eigenvalue weighted by molar-refractivity contribution is -0.384. The summed E-state index contributed by atoms with van der Waals surface area (Å²) in [6.07, 6.45) is 1.28. The van der Waals surface area contributed by atoms with Gasteiger partial charge in [-0.15, -0.1) is 0 Å². The minimum atomic E-state index is -0.350. The van der Waals surface area contributed by atoms with Gasteiger partial charge in [0.1, 0.15) is 5.69 Å². The minimum absolute atomic E-state index is 0.116. The Balaban J connectivity index is 2.75. The van der Waals surface area contributed by atoms with Crippen molar-refractivity contribution in [3.63, 3.8) is 0 Å². The molecule has 0 aromatic heterocycles. The van der Waals surface area contributed by atoms with Gasteiger partial charge in [-0.2, -0.15) is 0 Å². The van der Waals surface area contributed by atoms with Crippen LogP contribution in [0.3, 0.4) is 0 Å². The average molecular weight is 295 g/mol. The maximum absolute atomic E-state index is 11.2. The van der Waals surface area contributed by atoms with Crippen molar-refractivity contribution < 1.29 is 10.0 Å². The van der Waals surface area contributed by atoms with Gasteiger partial charge in [0.15, 0.2) is 0 Å². The zero-order valence-electron chi connectivity index (χ0n) is 13.0. The normalized spacial score (nSPS) is 12.4. The van der Waals surface area contributed by atoms with Crippen LogP contribution in [0.15, 0.2) is 18.2 Å². The number of rotatable bonds is 9. The monoisotopic (exact) mass is 295 g/mol. The molecule has 0 radical (unpaired) electrons. The Bertz CT molecular complexity index is 463. The van der Waals surface area contributed by atoms with E-state index < -0.39 is 0 Å². The van der Waals surface area contributed by atoms with E-state index in [1.165, 1.54) is 0 Å². The highest BCUT2D eigenvalue weighted by Crippen LogP contribution is 2.26. The van der Waals surface area contributed by atoms with E-state index in [9.17, 15) is 15.2 Å². The van der Waals surface area contributed by atoms with Crippen LogP contribution in [0.5, 0.6) is 0 Å². The molecule has 0 spiro atoms. The van der Waals surface area contributed by atoms with Gasteiger partial charge in [0, 0.05) is 25.7 Å². The summed E-state index contributed by atoms with van der Waals surface area (Å²) >= 11 is 0. The second-order valence-corrected chi connectivity index (χ2v) is 5.41. The molecule has 6 nitrogen and oxygen atoms in total. The largest absolute Gasteiger partial charge is 0.393 e. The van der Waals surface area contributed by atoms with E-state index in [0.29, 0.717) is 25.2 Å². The molecule has 6 heteroatoms. The molecule has 1 atom stereocenters. The smallest absolute Gasteiger partial charge is 0.292 e. The molecule has 21 heavy (non-hydrogen) atoms. The SMILES string of the molecule is CCCNc1ccc(CN(C)CCC(C)O)cc1[N+](=O)[O-]. The van der Waals surface area contributed by atoms with E-state index in [-0.39, 0.29) is 16.7 Å². The third kappa shape index (κ3) is 6.10. The highest BCUT2D eigenvalue weighted by Gasteiger charge is 2.14. The van der Waals surface area contributed by atoms with Gasteiger partial charge in [0.2, 0.25) is 0 Å². The lowest BCUT2D eigenvalue weighted by atomic mass is 10.1. The summed E-state index contributed by atoms with van der Waals surface area (Å²) < 4.78 is 0. The van der Waals surface area contributed by atoms with Crippen molar-refractivity contribution in [1.29, 1.82) is 0 Å². The molecule has 0 heterocycles. The number of aliphatic hydroxyl groups is 1. The van der Waals surface area contributed by atoms with E-state index >= 15 is 0 Å². The minimum Gasteiger partial charge on any atom is -0.393 e. The average Bonchev–Trinajstić information content (AvgIpc) is 2.43. The van der Waals surface area contributed by atoms with E-state index in [2.05, 4.69) is 5.32 Å². The van der Waals surface area contributed by atoms with Gasteiger partial charge in [0.05, 0.1) is 11.0 Å². The van der Waals surface area contributed by atoms with Crippen LogP contribution in [0.1, 0.15) is 32.3 Å². The molecule has 1 aromatic rings. The second-order valence-electron chi connectivity index (χ2n) is 5.41. The zero-order chi connectivity index (χ0) is 15.8. The Morgan fingerprint density at radius 3 is 2.76 bits per heavy atom. The lowest BCUT2D eigenvalue weighted by Gasteiger charge is -2.18. The van der Waals surface area contributed by atoms with Crippen LogP contribution in [0.4, 0.5) is 11.4 Å². The molecule has 0 aliphatic heterocycles. The molecule has 0 aliphatic rings. The summed E-state index contributed by atoms with van der Waals surface area (Å²) in [4.78, 5) is 12.9. The van der Waals surface area contributed by atoms with Crippen molar-refractivity contribution in [1.82, 2.24) is 4.90 Å². The molecular weight excluding hydrogens is 270 g/mol. The third-order valence-electron chi connectivity index (χ3n) is 3.21. The van der Waals surface area contributed by atoms with Crippen LogP contribution in [-0.2, 0) is 6.54 Å². The number of hydrogen-bond acceptors (Lipinski definition) is 5. The van der Waals surface area contributed by atoms with Crippen molar-refractivity contribution >= 4 is 11.4 Å². The molecule has 0 saturated carbocycles. The summed E-state index contributed by atoms with van der Waals surface area (Å²) in [7, 11) is 1.94. The first-order valence-electron chi connectivity index (χ1n) is 7.31. The Hall–Kier alpha value is -1.66. The lowest BCUT2D eigenvalue weighted by Crippen LogP contribution is -2.22. The molecule has 0 bridgehead atoms. The molecule has 2 N–H and O–H groups in total. The van der Waals surface area contributed by atoms with Crippen molar-refractivity contribution in [2.75, 3.05) is 25.5 Å². The van der Waals surface area contributed by atoms with Crippen LogP contribution >= 0.6 is 0 Å². The fourth-order valence-corrected chi connectivity index (χ4v) is 2.03. The Labute approximate surface area is 125 Å². The van der Waals surface area contributed by atoms with Gasteiger partial charge >= 0.3 is 0 Å². The highest BCUT2D eigenvalue weighted by atomic mass is 16.6. The number of nitrogens with one attached hydrogen (secondary N) is 1. The fraction of sp³-hybridized carbons (Fsp3) is 0.600. The van der Waals surface area contributed by atoms with Crippen LogP contribution in [0, 0.1) is 10.1 Å². The maximum Gasteiger partial charge on any atom is 0.292 e. The number of benzene rings is 1. The summed E-state index contributed by atoms with van der Waals surface area (Å²) in [5.74, 6) is 0. The Morgan fingerprint density at radius 1 is 1.48 bits per heavy atom. The molecule has 118 valence electrons. The summed E-state index contributed by atoms with van der Waals surface area (Å²) in [6, 6.07) is 5.30. The van der Waals surface area contributed by atoms with E-state index in [1.807, 2.05) is 24.9 Å². The number of aliphatic hydroxyl groups excluding tert-OH is 1.